The minimum atomic E-state index is -0.784. The van der Waals surface area contributed by atoms with Crippen LogP contribution in [0.5, 0.6) is 0 Å². The van der Waals surface area contributed by atoms with Crippen LogP contribution in [0.2, 0.25) is 0 Å². The first-order valence-electron chi connectivity index (χ1n) is 6.30. The third-order valence-corrected chi connectivity index (χ3v) is 4.29. The Kier molecular flexibility index (Phi) is 6.45. The van der Waals surface area contributed by atoms with Gasteiger partial charge in [-0.15, -0.1) is 0 Å². The molecular weight excluding hydrogens is 230 g/mol. The third-order valence-electron chi connectivity index (χ3n) is 2.81. The van der Waals surface area contributed by atoms with Crippen molar-refractivity contribution in [2.75, 3.05) is 11.5 Å². The van der Waals surface area contributed by atoms with Crippen molar-refractivity contribution in [2.24, 2.45) is 5.73 Å². The molecule has 96 valence electrons. The largest absolute Gasteiger partial charge is 0.323 e. The van der Waals surface area contributed by atoms with Gasteiger partial charge >= 0.3 is 0 Å². The van der Waals surface area contributed by atoms with Crippen LogP contribution in [0.1, 0.15) is 43.4 Å². The first-order chi connectivity index (χ1) is 8.13. The Morgan fingerprint density at radius 2 is 2.12 bits per heavy atom. The molecular formula is C14H23NOS. The van der Waals surface area contributed by atoms with Crippen molar-refractivity contribution >= 4 is 10.8 Å². The summed E-state index contributed by atoms with van der Waals surface area (Å²) in [6.07, 6.45) is 3.37. The molecule has 0 aromatic heterocycles. The second kappa shape index (κ2) is 7.62. The van der Waals surface area contributed by atoms with Gasteiger partial charge in [0.1, 0.15) is 0 Å². The van der Waals surface area contributed by atoms with Gasteiger partial charge in [0.2, 0.25) is 0 Å². The van der Waals surface area contributed by atoms with Crippen molar-refractivity contribution in [1.82, 2.24) is 0 Å². The molecule has 1 aromatic rings. The van der Waals surface area contributed by atoms with Crippen LogP contribution in [-0.4, -0.2) is 15.7 Å². The van der Waals surface area contributed by atoms with E-state index in [4.69, 9.17) is 5.73 Å². The molecule has 2 atom stereocenters. The Labute approximate surface area is 107 Å². The lowest BCUT2D eigenvalue weighted by atomic mass is 10.1. The fourth-order valence-electron chi connectivity index (χ4n) is 1.79. The average molecular weight is 253 g/mol. The standard InChI is InChI=1S/C14H23NOS/c1-3-4-5-9-17(16)11-14(15)13-8-6-7-12(2)10-13/h6-8,10,14H,3-5,9,11,15H2,1-2H3. The summed E-state index contributed by atoms with van der Waals surface area (Å²) < 4.78 is 11.8. The SMILES string of the molecule is CCCCCS(=O)CC(N)c1cccc(C)c1. The van der Waals surface area contributed by atoms with E-state index < -0.39 is 10.8 Å². The molecule has 17 heavy (non-hydrogen) atoms. The first-order valence-corrected chi connectivity index (χ1v) is 7.79. The molecule has 2 unspecified atom stereocenters. The Hall–Kier alpha value is -0.670. The maximum Gasteiger partial charge on any atom is 0.0428 e. The van der Waals surface area contributed by atoms with E-state index in [1.54, 1.807) is 0 Å². The fraction of sp³-hybridized carbons (Fsp3) is 0.571. The zero-order chi connectivity index (χ0) is 12.7. The van der Waals surface area contributed by atoms with Crippen molar-refractivity contribution in [2.45, 2.75) is 39.2 Å². The highest BCUT2D eigenvalue weighted by Gasteiger charge is 2.10. The van der Waals surface area contributed by atoms with Gasteiger partial charge in [-0.25, -0.2) is 0 Å². The van der Waals surface area contributed by atoms with E-state index >= 15 is 0 Å². The first kappa shape index (κ1) is 14.4. The number of hydrogen-bond acceptors (Lipinski definition) is 2. The maximum atomic E-state index is 11.8. The zero-order valence-electron chi connectivity index (χ0n) is 10.8. The number of nitrogens with two attached hydrogens (primary N) is 1. The molecule has 0 spiro atoms. The van der Waals surface area contributed by atoms with Crippen LogP contribution in [0.4, 0.5) is 0 Å². The third kappa shape index (κ3) is 5.46. The van der Waals surface area contributed by atoms with Crippen LogP contribution >= 0.6 is 0 Å². The predicted molar refractivity (Wildman–Crippen MR) is 75.5 cm³/mol. The van der Waals surface area contributed by atoms with E-state index in [0.29, 0.717) is 5.75 Å². The molecule has 1 rings (SSSR count). The number of benzene rings is 1. The van der Waals surface area contributed by atoms with Gasteiger partial charge < -0.3 is 5.73 Å². The Bertz CT molecular complexity index is 365. The maximum absolute atomic E-state index is 11.8. The molecule has 2 nitrogen and oxygen atoms in total. The number of hydrogen-bond donors (Lipinski definition) is 1. The Balaban J connectivity index is 2.43. The van der Waals surface area contributed by atoms with Crippen molar-refractivity contribution in [1.29, 1.82) is 0 Å². The van der Waals surface area contributed by atoms with Crippen molar-refractivity contribution < 1.29 is 4.21 Å². The summed E-state index contributed by atoms with van der Waals surface area (Å²) in [7, 11) is -0.784. The predicted octanol–water partition coefficient (Wildman–Crippen LogP) is 2.93. The summed E-state index contributed by atoms with van der Waals surface area (Å²) in [5.41, 5.74) is 8.37. The summed E-state index contributed by atoms with van der Waals surface area (Å²) in [6.45, 7) is 4.20. The van der Waals surface area contributed by atoms with Crippen molar-refractivity contribution in [3.63, 3.8) is 0 Å². The van der Waals surface area contributed by atoms with Crippen LogP contribution in [0.15, 0.2) is 24.3 Å². The monoisotopic (exact) mass is 253 g/mol. The molecule has 0 saturated carbocycles. The van der Waals surface area contributed by atoms with Crippen LogP contribution in [0, 0.1) is 6.92 Å². The molecule has 0 aliphatic carbocycles. The summed E-state index contributed by atoms with van der Waals surface area (Å²) in [6, 6.07) is 8.05. The van der Waals surface area contributed by atoms with E-state index in [2.05, 4.69) is 26.0 Å². The molecule has 2 N–H and O–H groups in total. The van der Waals surface area contributed by atoms with Gasteiger partial charge in [0.15, 0.2) is 0 Å². The Morgan fingerprint density at radius 3 is 2.76 bits per heavy atom. The highest BCUT2D eigenvalue weighted by molar-refractivity contribution is 7.85. The highest BCUT2D eigenvalue weighted by atomic mass is 32.2. The van der Waals surface area contributed by atoms with E-state index in [1.165, 1.54) is 12.0 Å². The second-order valence-electron chi connectivity index (χ2n) is 4.54. The van der Waals surface area contributed by atoms with Crippen LogP contribution in [-0.2, 0) is 10.8 Å². The Morgan fingerprint density at radius 1 is 1.35 bits per heavy atom. The normalized spacial score (nSPS) is 14.5. The van der Waals surface area contributed by atoms with Crippen LogP contribution in [0.3, 0.4) is 0 Å². The van der Waals surface area contributed by atoms with Gasteiger partial charge in [-0.2, -0.15) is 0 Å². The smallest absolute Gasteiger partial charge is 0.0428 e. The number of aryl methyl sites for hydroxylation is 1. The van der Waals surface area contributed by atoms with Gasteiger partial charge in [0.25, 0.3) is 0 Å². The lowest BCUT2D eigenvalue weighted by Crippen LogP contribution is -2.19. The van der Waals surface area contributed by atoms with E-state index in [-0.39, 0.29) is 6.04 Å². The van der Waals surface area contributed by atoms with E-state index in [9.17, 15) is 4.21 Å². The van der Waals surface area contributed by atoms with Gasteiger partial charge in [-0.3, -0.25) is 4.21 Å². The molecule has 0 bridgehead atoms. The molecule has 0 saturated heterocycles. The lowest BCUT2D eigenvalue weighted by Gasteiger charge is -2.12. The van der Waals surface area contributed by atoms with Gasteiger partial charge in [-0.05, 0) is 18.9 Å². The van der Waals surface area contributed by atoms with E-state index in [1.807, 2.05) is 12.1 Å². The number of unbranched alkanes of at least 4 members (excludes halogenated alkanes) is 2. The molecule has 0 fully saturated rings. The summed E-state index contributed by atoms with van der Waals surface area (Å²) in [4.78, 5) is 0. The molecule has 0 aliphatic rings. The van der Waals surface area contributed by atoms with Gasteiger partial charge in [0.05, 0.1) is 0 Å². The topological polar surface area (TPSA) is 43.1 Å². The number of rotatable bonds is 7. The van der Waals surface area contributed by atoms with Gasteiger partial charge in [-0.1, -0.05) is 49.6 Å². The van der Waals surface area contributed by atoms with Crippen molar-refractivity contribution in [3.8, 4) is 0 Å². The molecule has 1 aromatic carbocycles. The van der Waals surface area contributed by atoms with Crippen molar-refractivity contribution in [3.05, 3.63) is 35.4 Å². The molecule has 0 amide bonds. The second-order valence-corrected chi connectivity index (χ2v) is 6.16. The lowest BCUT2D eigenvalue weighted by molar-refractivity contribution is 0.668. The zero-order valence-corrected chi connectivity index (χ0v) is 11.6. The molecule has 0 aliphatic heterocycles. The molecule has 0 heterocycles. The summed E-state index contributed by atoms with van der Waals surface area (Å²) in [5.74, 6) is 1.36. The summed E-state index contributed by atoms with van der Waals surface area (Å²) >= 11 is 0. The van der Waals surface area contributed by atoms with Gasteiger partial charge in [0, 0.05) is 28.3 Å². The molecule has 0 radical (unpaired) electrons. The quantitative estimate of drug-likeness (QED) is 0.759. The molecule has 3 heteroatoms. The minimum Gasteiger partial charge on any atom is -0.323 e. The van der Waals surface area contributed by atoms with Crippen LogP contribution < -0.4 is 5.73 Å². The average Bonchev–Trinajstić information content (AvgIpc) is 2.29. The summed E-state index contributed by atoms with van der Waals surface area (Å²) in [5, 5.41) is 0. The fourth-order valence-corrected chi connectivity index (χ4v) is 3.08. The van der Waals surface area contributed by atoms with Crippen LogP contribution in [0.25, 0.3) is 0 Å². The highest BCUT2D eigenvalue weighted by Crippen LogP contribution is 2.13. The minimum absolute atomic E-state index is 0.0997. The van der Waals surface area contributed by atoms with E-state index in [0.717, 1.165) is 24.2 Å².